The molecule has 160 valence electrons. The molecule has 0 amide bonds. The van der Waals surface area contributed by atoms with E-state index >= 15 is 0 Å². The third kappa shape index (κ3) is 3.42. The van der Waals surface area contributed by atoms with Crippen LogP contribution in [0.2, 0.25) is 0 Å². The minimum Gasteiger partial charge on any atom is -0.320 e. The van der Waals surface area contributed by atoms with Crippen LogP contribution in [0.5, 0.6) is 0 Å². The van der Waals surface area contributed by atoms with Crippen molar-refractivity contribution in [1.82, 2.24) is 19.3 Å². The topological polar surface area (TPSA) is 101 Å². The van der Waals surface area contributed by atoms with E-state index in [1.807, 2.05) is 19.2 Å². The van der Waals surface area contributed by atoms with Crippen LogP contribution in [0.1, 0.15) is 63.1 Å². The molecule has 2 aliphatic carbocycles. The van der Waals surface area contributed by atoms with Crippen LogP contribution in [0.4, 0.5) is 0 Å². The summed E-state index contributed by atoms with van der Waals surface area (Å²) in [6.45, 7) is 3.97. The summed E-state index contributed by atoms with van der Waals surface area (Å²) in [5, 5.41) is 10.9. The molecule has 3 aromatic heterocycles. The summed E-state index contributed by atoms with van der Waals surface area (Å²) >= 11 is 0. The van der Waals surface area contributed by atoms with Crippen molar-refractivity contribution in [1.29, 1.82) is 5.26 Å². The highest BCUT2D eigenvalue weighted by molar-refractivity contribution is 7.89. The fourth-order valence-electron chi connectivity index (χ4n) is 4.14. The molecule has 2 aliphatic rings. The average Bonchev–Trinajstić information content (AvgIpc) is 3.35. The molecule has 2 saturated carbocycles. The number of nitrogens with zero attached hydrogens (tertiary/aromatic N) is 4. The maximum atomic E-state index is 12.7. The number of nitriles is 1. The summed E-state index contributed by atoms with van der Waals surface area (Å²) in [6.07, 6.45) is 9.01. The lowest BCUT2D eigenvalue weighted by Crippen LogP contribution is -2.34. The van der Waals surface area contributed by atoms with Crippen LogP contribution in [0.25, 0.3) is 22.4 Å². The predicted octanol–water partition coefficient (Wildman–Crippen LogP) is 4.09. The second-order valence-corrected chi connectivity index (χ2v) is 10.6. The molecule has 1 N–H and O–H groups in total. The Morgan fingerprint density at radius 2 is 2.03 bits per heavy atom. The van der Waals surface area contributed by atoms with Gasteiger partial charge in [-0.1, -0.05) is 6.92 Å². The Bertz CT molecular complexity index is 1310. The van der Waals surface area contributed by atoms with Crippen LogP contribution in [0.15, 0.2) is 35.5 Å². The maximum Gasteiger partial charge on any atom is 0.242 e. The van der Waals surface area contributed by atoms with E-state index in [1.54, 1.807) is 12.1 Å². The van der Waals surface area contributed by atoms with Crippen molar-refractivity contribution < 1.29 is 8.42 Å². The lowest BCUT2D eigenvalue weighted by molar-refractivity contribution is 0.322. The Balaban J connectivity index is 1.63. The van der Waals surface area contributed by atoms with E-state index in [1.165, 1.54) is 6.20 Å². The number of sulfonamides is 1. The largest absolute Gasteiger partial charge is 0.320 e. The highest BCUT2D eigenvalue weighted by Crippen LogP contribution is 2.42. The van der Waals surface area contributed by atoms with E-state index in [9.17, 15) is 13.7 Å². The van der Waals surface area contributed by atoms with Crippen molar-refractivity contribution >= 4 is 21.1 Å². The molecule has 2 fully saturated rings. The molecular weight excluding hydrogens is 410 g/mol. The predicted molar refractivity (Wildman–Crippen MR) is 118 cm³/mol. The van der Waals surface area contributed by atoms with Gasteiger partial charge in [-0.05, 0) is 69.2 Å². The molecular formula is C23H25N5O2S. The number of nitrogens with one attached hydrogen (secondary N) is 1. The minimum atomic E-state index is -3.62. The average molecular weight is 436 g/mol. The lowest BCUT2D eigenvalue weighted by Gasteiger charge is -2.29. The van der Waals surface area contributed by atoms with Crippen LogP contribution < -0.4 is 4.72 Å². The molecule has 7 nitrogen and oxygen atoms in total. The van der Waals surface area contributed by atoms with Gasteiger partial charge in [-0.25, -0.2) is 18.1 Å². The number of hydrogen-bond donors (Lipinski definition) is 1. The SMILES string of the molecule is CCc1cnc2c(c1)c(C#N)c(-c1ccc(S(=O)(=O)NC3(C)CC3)cn1)n2C1CCC1. The number of aryl methyl sites for hydroxylation is 1. The van der Waals surface area contributed by atoms with Crippen molar-refractivity contribution in [2.24, 2.45) is 0 Å². The smallest absolute Gasteiger partial charge is 0.242 e. The summed E-state index contributed by atoms with van der Waals surface area (Å²) in [6, 6.07) is 7.96. The highest BCUT2D eigenvalue weighted by Gasteiger charge is 2.41. The normalized spacial score (nSPS) is 18.0. The molecule has 0 bridgehead atoms. The number of pyridine rings is 2. The number of fused-ring (bicyclic) bond motifs is 1. The Morgan fingerprint density at radius 3 is 2.58 bits per heavy atom. The fraction of sp³-hybridized carbons (Fsp3) is 0.435. The van der Waals surface area contributed by atoms with Crippen molar-refractivity contribution in [2.75, 3.05) is 0 Å². The number of aromatic nitrogens is 3. The van der Waals surface area contributed by atoms with Gasteiger partial charge < -0.3 is 4.57 Å². The van der Waals surface area contributed by atoms with Gasteiger partial charge in [0, 0.05) is 29.4 Å². The molecule has 8 heteroatoms. The van der Waals surface area contributed by atoms with E-state index < -0.39 is 10.0 Å². The molecule has 0 aromatic carbocycles. The highest BCUT2D eigenvalue weighted by atomic mass is 32.2. The van der Waals surface area contributed by atoms with Crippen LogP contribution in [-0.2, 0) is 16.4 Å². The first-order valence-corrected chi connectivity index (χ1v) is 12.3. The van der Waals surface area contributed by atoms with E-state index in [0.29, 0.717) is 11.3 Å². The van der Waals surface area contributed by atoms with Gasteiger partial charge in [0.1, 0.15) is 16.6 Å². The van der Waals surface area contributed by atoms with Gasteiger partial charge in [-0.15, -0.1) is 0 Å². The Kier molecular flexibility index (Phi) is 4.65. The first kappa shape index (κ1) is 20.2. The van der Waals surface area contributed by atoms with Gasteiger partial charge in [-0.2, -0.15) is 5.26 Å². The zero-order chi connectivity index (χ0) is 21.8. The molecule has 0 atom stereocenters. The first-order valence-electron chi connectivity index (χ1n) is 10.8. The lowest BCUT2D eigenvalue weighted by atomic mass is 9.92. The molecule has 5 rings (SSSR count). The molecule has 0 saturated heterocycles. The fourth-order valence-corrected chi connectivity index (χ4v) is 5.55. The zero-order valence-corrected chi connectivity index (χ0v) is 18.5. The molecule has 0 unspecified atom stereocenters. The summed E-state index contributed by atoms with van der Waals surface area (Å²) in [5.41, 5.74) is 3.41. The molecule has 31 heavy (non-hydrogen) atoms. The first-order chi connectivity index (χ1) is 14.8. The molecule has 3 aromatic rings. The van der Waals surface area contributed by atoms with E-state index in [-0.39, 0.29) is 16.5 Å². The van der Waals surface area contributed by atoms with E-state index in [4.69, 9.17) is 4.98 Å². The molecule has 0 radical (unpaired) electrons. The van der Waals surface area contributed by atoms with E-state index in [2.05, 4.69) is 27.3 Å². The monoisotopic (exact) mass is 435 g/mol. The molecule has 3 heterocycles. The standard InChI is InChI=1S/C23H25N5O2S/c1-3-15-11-18-19(12-24)21(28(16-5-4-6-16)22(18)26-13-15)20-8-7-17(14-25-20)31(29,30)27-23(2)9-10-23/h7-8,11,13-14,16,27H,3-6,9-10H2,1-2H3. The second-order valence-electron chi connectivity index (χ2n) is 8.90. The maximum absolute atomic E-state index is 12.7. The zero-order valence-electron chi connectivity index (χ0n) is 17.7. The van der Waals surface area contributed by atoms with Gasteiger partial charge in [0.15, 0.2) is 0 Å². The summed E-state index contributed by atoms with van der Waals surface area (Å²) in [4.78, 5) is 9.33. The third-order valence-corrected chi connectivity index (χ3v) is 8.15. The van der Waals surface area contributed by atoms with Gasteiger partial charge in [0.25, 0.3) is 0 Å². The van der Waals surface area contributed by atoms with Crippen molar-refractivity contribution in [3.8, 4) is 17.5 Å². The summed E-state index contributed by atoms with van der Waals surface area (Å²) < 4.78 is 30.3. The number of rotatable bonds is 6. The van der Waals surface area contributed by atoms with Gasteiger partial charge in [0.05, 0.1) is 17.0 Å². The third-order valence-electron chi connectivity index (χ3n) is 6.53. The van der Waals surface area contributed by atoms with Crippen LogP contribution in [-0.4, -0.2) is 28.5 Å². The van der Waals surface area contributed by atoms with Gasteiger partial charge in [0.2, 0.25) is 10.0 Å². The van der Waals surface area contributed by atoms with Gasteiger partial charge in [-0.3, -0.25) is 4.98 Å². The summed E-state index contributed by atoms with van der Waals surface area (Å²) in [5.74, 6) is 0. The van der Waals surface area contributed by atoms with Crippen LogP contribution in [0.3, 0.4) is 0 Å². The van der Waals surface area contributed by atoms with Crippen molar-refractivity contribution in [3.63, 3.8) is 0 Å². The number of hydrogen-bond acceptors (Lipinski definition) is 5. The Morgan fingerprint density at radius 1 is 1.26 bits per heavy atom. The minimum absolute atomic E-state index is 0.139. The van der Waals surface area contributed by atoms with Gasteiger partial charge >= 0.3 is 0 Å². The van der Waals surface area contributed by atoms with E-state index in [0.717, 1.165) is 60.8 Å². The Hall–Kier alpha value is -2.76. The van der Waals surface area contributed by atoms with Crippen molar-refractivity contribution in [2.45, 2.75) is 68.8 Å². The molecule has 0 aliphatic heterocycles. The quantitative estimate of drug-likeness (QED) is 0.628. The second kappa shape index (κ2) is 7.14. The van der Waals surface area contributed by atoms with Crippen LogP contribution >= 0.6 is 0 Å². The Labute approximate surface area is 182 Å². The molecule has 0 spiro atoms. The summed E-state index contributed by atoms with van der Waals surface area (Å²) in [7, 11) is -3.62. The van der Waals surface area contributed by atoms with Crippen LogP contribution in [0, 0.1) is 11.3 Å². The van der Waals surface area contributed by atoms with Crippen molar-refractivity contribution in [3.05, 3.63) is 41.7 Å².